The molecule has 1 aromatic heterocycles. The van der Waals surface area contributed by atoms with Gasteiger partial charge in [0, 0.05) is 0 Å². The molecule has 0 bridgehead atoms. The van der Waals surface area contributed by atoms with Crippen molar-refractivity contribution in [1.82, 2.24) is 4.98 Å². The molecular weight excluding hydrogens is 377 g/mol. The molecule has 0 spiro atoms. The minimum atomic E-state index is -0.340. The van der Waals surface area contributed by atoms with Gasteiger partial charge in [0.2, 0.25) is 5.89 Å². The van der Waals surface area contributed by atoms with E-state index in [1.54, 1.807) is 18.2 Å². The van der Waals surface area contributed by atoms with Crippen molar-refractivity contribution in [3.05, 3.63) is 53.8 Å². The normalized spacial score (nSPS) is 11.4. The number of benzene rings is 2. The second kappa shape index (κ2) is 5.06. The first-order valence-corrected chi connectivity index (χ1v) is 7.42. The topological polar surface area (TPSA) is 26.0 Å². The van der Waals surface area contributed by atoms with E-state index in [-0.39, 0.29) is 9.55 Å². The Balaban J connectivity index is 2.14. The average Bonchev–Trinajstić information content (AvgIpc) is 2.81. The number of halogens is 3. The van der Waals surface area contributed by atoms with Gasteiger partial charge in [-0.25, -0.2) is 9.37 Å². The highest BCUT2D eigenvalue weighted by Crippen LogP contribution is 2.32. The summed E-state index contributed by atoms with van der Waals surface area (Å²) in [6.45, 7) is 0. The second-order valence-electron chi connectivity index (χ2n) is 4.03. The van der Waals surface area contributed by atoms with Crippen LogP contribution in [-0.4, -0.2) is 4.98 Å². The lowest BCUT2D eigenvalue weighted by atomic mass is 10.2. The molecule has 0 fully saturated rings. The molecule has 0 N–H and O–H groups in total. The van der Waals surface area contributed by atoms with Gasteiger partial charge in [0.05, 0.1) is 9.30 Å². The molecular formula is C14H8Br2FNO. The van der Waals surface area contributed by atoms with Crippen LogP contribution in [0.25, 0.3) is 22.6 Å². The lowest BCUT2D eigenvalue weighted by molar-refractivity contribution is 0.593. The fourth-order valence-electron chi connectivity index (χ4n) is 1.83. The Bertz CT molecular complexity index is 739. The van der Waals surface area contributed by atoms with Gasteiger partial charge in [0.25, 0.3) is 0 Å². The van der Waals surface area contributed by atoms with Crippen molar-refractivity contribution in [2.75, 3.05) is 0 Å². The maximum Gasteiger partial charge on any atom is 0.230 e. The Labute approximate surface area is 125 Å². The van der Waals surface area contributed by atoms with E-state index in [4.69, 9.17) is 4.42 Å². The average molecular weight is 385 g/mol. The van der Waals surface area contributed by atoms with Crippen molar-refractivity contribution in [1.29, 1.82) is 0 Å². The molecule has 3 rings (SSSR count). The molecule has 2 aromatic carbocycles. The third-order valence-corrected chi connectivity index (χ3v) is 3.83. The van der Waals surface area contributed by atoms with Gasteiger partial charge in [-0.05, 0) is 29.8 Å². The summed E-state index contributed by atoms with van der Waals surface area (Å²) in [6.07, 6.45) is 0. The van der Waals surface area contributed by atoms with E-state index >= 15 is 0 Å². The van der Waals surface area contributed by atoms with Gasteiger partial charge in [0.15, 0.2) is 5.58 Å². The van der Waals surface area contributed by atoms with Gasteiger partial charge in [-0.2, -0.15) is 0 Å². The van der Waals surface area contributed by atoms with Gasteiger partial charge in [-0.15, -0.1) is 0 Å². The first kappa shape index (κ1) is 12.8. The summed E-state index contributed by atoms with van der Waals surface area (Å²) < 4.78 is 19.3. The van der Waals surface area contributed by atoms with Gasteiger partial charge in [-0.3, -0.25) is 0 Å². The minimum Gasteiger partial charge on any atom is -0.436 e. The molecule has 96 valence electrons. The zero-order chi connectivity index (χ0) is 13.4. The molecule has 2 nitrogen and oxygen atoms in total. The van der Waals surface area contributed by atoms with Gasteiger partial charge in [0.1, 0.15) is 11.3 Å². The molecule has 0 saturated carbocycles. The van der Waals surface area contributed by atoms with Gasteiger partial charge in [-0.1, -0.05) is 50.1 Å². The number of nitrogens with zero attached hydrogens (tertiary/aromatic N) is 1. The summed E-state index contributed by atoms with van der Waals surface area (Å²) in [7, 11) is 0. The predicted octanol–water partition coefficient (Wildman–Crippen LogP) is 5.42. The Morgan fingerprint density at radius 2 is 1.89 bits per heavy atom. The summed E-state index contributed by atoms with van der Waals surface area (Å²) in [5.41, 5.74) is 2.75. The van der Waals surface area contributed by atoms with Crippen molar-refractivity contribution in [3.63, 3.8) is 0 Å². The molecule has 0 aliphatic heterocycles. The van der Waals surface area contributed by atoms with Crippen molar-refractivity contribution >= 4 is 43.0 Å². The Morgan fingerprint density at radius 1 is 1.11 bits per heavy atom. The van der Waals surface area contributed by atoms with Crippen LogP contribution in [0.3, 0.4) is 0 Å². The standard InChI is InChI=1S/C14H8Br2FNO/c15-13(16)8-5-6-12-11(7-8)18-14(19-12)9-3-1-2-4-10(9)17/h1-7,13H. The van der Waals surface area contributed by atoms with Crippen molar-refractivity contribution in [3.8, 4) is 11.5 Å². The summed E-state index contributed by atoms with van der Waals surface area (Å²) in [5.74, 6) is -0.0425. The first-order valence-electron chi connectivity index (χ1n) is 5.58. The van der Waals surface area contributed by atoms with E-state index in [0.717, 1.165) is 5.56 Å². The molecule has 0 atom stereocenters. The lowest BCUT2D eigenvalue weighted by Gasteiger charge is -1.99. The van der Waals surface area contributed by atoms with Crippen LogP contribution >= 0.6 is 31.9 Å². The summed E-state index contributed by atoms with van der Waals surface area (Å²) in [4.78, 5) is 4.34. The minimum absolute atomic E-state index is 0.0537. The number of hydrogen-bond acceptors (Lipinski definition) is 2. The molecule has 0 unspecified atom stereocenters. The third kappa shape index (κ3) is 2.44. The molecule has 0 aliphatic carbocycles. The Kier molecular flexibility index (Phi) is 3.41. The van der Waals surface area contributed by atoms with E-state index in [1.165, 1.54) is 6.07 Å². The highest BCUT2D eigenvalue weighted by molar-refractivity contribution is 9.24. The monoisotopic (exact) mass is 383 g/mol. The highest BCUT2D eigenvalue weighted by Gasteiger charge is 2.13. The van der Waals surface area contributed by atoms with Crippen LogP contribution in [0.1, 0.15) is 9.30 Å². The number of aromatic nitrogens is 1. The van der Waals surface area contributed by atoms with Crippen LogP contribution in [0.4, 0.5) is 4.39 Å². The van der Waals surface area contributed by atoms with E-state index < -0.39 is 0 Å². The Morgan fingerprint density at radius 3 is 2.63 bits per heavy atom. The van der Waals surface area contributed by atoms with Crippen molar-refractivity contribution < 1.29 is 8.81 Å². The molecule has 1 heterocycles. The maximum atomic E-state index is 13.7. The largest absolute Gasteiger partial charge is 0.436 e. The molecule has 0 aliphatic rings. The van der Waals surface area contributed by atoms with Crippen LogP contribution < -0.4 is 0 Å². The fraction of sp³-hybridized carbons (Fsp3) is 0.0714. The molecule has 0 radical (unpaired) electrons. The second-order valence-corrected chi connectivity index (χ2v) is 7.09. The molecule has 19 heavy (non-hydrogen) atoms. The number of rotatable bonds is 2. The molecule has 0 saturated heterocycles. The third-order valence-electron chi connectivity index (χ3n) is 2.77. The van der Waals surface area contributed by atoms with Crippen LogP contribution in [0.2, 0.25) is 0 Å². The van der Waals surface area contributed by atoms with E-state index in [9.17, 15) is 4.39 Å². The highest BCUT2D eigenvalue weighted by atomic mass is 79.9. The quantitative estimate of drug-likeness (QED) is 0.551. The fourth-order valence-corrected chi connectivity index (χ4v) is 2.40. The number of hydrogen-bond donors (Lipinski definition) is 0. The van der Waals surface area contributed by atoms with Crippen molar-refractivity contribution in [2.24, 2.45) is 0 Å². The molecule has 0 amide bonds. The smallest absolute Gasteiger partial charge is 0.230 e. The summed E-state index contributed by atoms with van der Waals surface area (Å²) >= 11 is 6.86. The SMILES string of the molecule is Fc1ccccc1-c1nc2cc(C(Br)Br)ccc2o1. The van der Waals surface area contributed by atoms with Crippen LogP contribution in [-0.2, 0) is 0 Å². The maximum absolute atomic E-state index is 13.7. The summed E-state index contributed by atoms with van der Waals surface area (Å²) in [5, 5.41) is 0. The van der Waals surface area contributed by atoms with E-state index in [1.807, 2.05) is 18.2 Å². The zero-order valence-electron chi connectivity index (χ0n) is 9.61. The van der Waals surface area contributed by atoms with Crippen molar-refractivity contribution in [2.45, 2.75) is 3.74 Å². The van der Waals surface area contributed by atoms with Crippen LogP contribution in [0, 0.1) is 5.82 Å². The number of oxazole rings is 1. The lowest BCUT2D eigenvalue weighted by Crippen LogP contribution is -1.83. The number of alkyl halides is 2. The van der Waals surface area contributed by atoms with E-state index in [2.05, 4.69) is 36.8 Å². The van der Waals surface area contributed by atoms with Crippen LogP contribution in [0.5, 0.6) is 0 Å². The van der Waals surface area contributed by atoms with E-state index in [0.29, 0.717) is 22.6 Å². The van der Waals surface area contributed by atoms with Crippen LogP contribution in [0.15, 0.2) is 46.9 Å². The summed E-state index contributed by atoms with van der Waals surface area (Å²) in [6, 6.07) is 12.1. The first-order chi connectivity index (χ1) is 9.15. The molecule has 3 aromatic rings. The Hall–Kier alpha value is -1.20. The predicted molar refractivity (Wildman–Crippen MR) is 80.0 cm³/mol. The zero-order valence-corrected chi connectivity index (χ0v) is 12.8. The van der Waals surface area contributed by atoms with Gasteiger partial charge < -0.3 is 4.42 Å². The number of fused-ring (bicyclic) bond motifs is 1. The van der Waals surface area contributed by atoms with Gasteiger partial charge >= 0.3 is 0 Å². The molecule has 5 heteroatoms.